The highest BCUT2D eigenvalue weighted by Crippen LogP contribution is 2.35. The van der Waals surface area contributed by atoms with E-state index in [1.165, 1.54) is 14.5 Å². The van der Waals surface area contributed by atoms with Crippen LogP contribution in [-0.2, 0) is 21.3 Å². The largest absolute Gasteiger partial charge is 0.488 e. The lowest BCUT2D eigenvalue weighted by atomic mass is 10.2. The summed E-state index contributed by atoms with van der Waals surface area (Å²) in [5.74, 6) is -2.39. The van der Waals surface area contributed by atoms with Crippen molar-refractivity contribution >= 4 is 22.9 Å². The minimum absolute atomic E-state index is 0.0460. The summed E-state index contributed by atoms with van der Waals surface area (Å²) < 4.78 is 51.3. The van der Waals surface area contributed by atoms with Gasteiger partial charge in [0.05, 0.1) is 51.8 Å². The Morgan fingerprint density at radius 2 is 1.49 bits per heavy atom. The molecule has 0 unspecified atom stereocenters. The zero-order chi connectivity index (χ0) is 26.8. The van der Waals surface area contributed by atoms with Crippen LogP contribution in [0.2, 0.25) is 0 Å². The fourth-order valence-electron chi connectivity index (χ4n) is 3.90. The number of nitrogens with zero attached hydrogens (tertiary/aromatic N) is 3. The molecular weight excluding hydrogens is 498 g/mol. The van der Waals surface area contributed by atoms with Gasteiger partial charge in [-0.25, -0.2) is 18.6 Å². The molecular formula is C23H32F2N4O8. The summed E-state index contributed by atoms with van der Waals surface area (Å²) >= 11 is 0. The SMILES string of the molecule is Cn1c(C(=O)N2CCN(NC(=O)O)CC2)c(OCCOCCOCCOCCO)c2cc(F)c(F)cc21. The third-order valence-electron chi connectivity index (χ3n) is 5.67. The highest BCUT2D eigenvalue weighted by molar-refractivity contribution is 6.04. The van der Waals surface area contributed by atoms with E-state index in [1.54, 1.807) is 7.05 Å². The van der Waals surface area contributed by atoms with Gasteiger partial charge in [0.1, 0.15) is 6.61 Å². The molecule has 14 heteroatoms. The van der Waals surface area contributed by atoms with Crippen LogP contribution < -0.4 is 10.2 Å². The smallest absolute Gasteiger partial charge is 0.419 e. The second-order valence-corrected chi connectivity index (χ2v) is 8.13. The molecule has 2 aromatic rings. The molecule has 3 rings (SSSR count). The van der Waals surface area contributed by atoms with Gasteiger partial charge in [0.2, 0.25) is 0 Å². The number of nitrogens with one attached hydrogen (secondary N) is 1. The van der Waals surface area contributed by atoms with Crippen LogP contribution in [0.5, 0.6) is 5.75 Å². The Bertz CT molecular complexity index is 1060. The monoisotopic (exact) mass is 530 g/mol. The summed E-state index contributed by atoms with van der Waals surface area (Å²) in [6.07, 6.45) is -1.19. The number of benzene rings is 1. The lowest BCUT2D eigenvalue weighted by Crippen LogP contribution is -2.54. The Kier molecular flexibility index (Phi) is 10.8. The Balaban J connectivity index is 1.62. The van der Waals surface area contributed by atoms with Crippen molar-refractivity contribution in [3.63, 3.8) is 0 Å². The van der Waals surface area contributed by atoms with Crippen LogP contribution >= 0.6 is 0 Å². The van der Waals surface area contributed by atoms with Crippen LogP contribution in [0.3, 0.4) is 0 Å². The predicted octanol–water partition coefficient (Wildman–Crippen LogP) is 0.818. The highest BCUT2D eigenvalue weighted by Gasteiger charge is 2.30. The molecule has 206 valence electrons. The van der Waals surface area contributed by atoms with Crippen molar-refractivity contribution in [1.82, 2.24) is 19.9 Å². The van der Waals surface area contributed by atoms with Gasteiger partial charge < -0.3 is 38.6 Å². The van der Waals surface area contributed by atoms with Crippen molar-refractivity contribution in [2.45, 2.75) is 0 Å². The van der Waals surface area contributed by atoms with E-state index in [0.717, 1.165) is 12.1 Å². The molecule has 1 fully saturated rings. The van der Waals surface area contributed by atoms with Crippen molar-refractivity contribution in [2.24, 2.45) is 7.05 Å². The lowest BCUT2D eigenvalue weighted by Gasteiger charge is -2.34. The highest BCUT2D eigenvalue weighted by atomic mass is 19.2. The number of rotatable bonds is 14. The zero-order valence-electron chi connectivity index (χ0n) is 20.6. The maximum Gasteiger partial charge on any atom is 0.419 e. The van der Waals surface area contributed by atoms with Crippen LogP contribution in [0, 0.1) is 11.6 Å². The maximum absolute atomic E-state index is 14.1. The fourth-order valence-corrected chi connectivity index (χ4v) is 3.90. The first kappa shape index (κ1) is 28.5. The standard InChI is InChI=1S/C23H32F2N4O8/c1-27-19-15-18(25)17(24)14-16(19)21(37-13-12-36-11-10-35-9-8-34-7-6-30)20(27)22(31)28-2-4-29(5-3-28)26-23(32)33/h14-15,26,30H,2-13H2,1H3,(H,32,33). The Labute approximate surface area is 212 Å². The molecule has 37 heavy (non-hydrogen) atoms. The number of aliphatic hydroxyl groups is 1. The summed E-state index contributed by atoms with van der Waals surface area (Å²) in [7, 11) is 1.57. The van der Waals surface area contributed by atoms with Crippen molar-refractivity contribution in [1.29, 1.82) is 0 Å². The quantitative estimate of drug-likeness (QED) is 0.304. The topological polar surface area (TPSA) is 135 Å². The summed E-state index contributed by atoms with van der Waals surface area (Å²) in [6, 6.07) is 2.01. The molecule has 1 saturated heterocycles. The van der Waals surface area contributed by atoms with Gasteiger partial charge in [-0.15, -0.1) is 0 Å². The third-order valence-corrected chi connectivity index (χ3v) is 5.67. The van der Waals surface area contributed by atoms with E-state index in [2.05, 4.69) is 5.43 Å². The van der Waals surface area contributed by atoms with E-state index in [0.29, 0.717) is 31.9 Å². The van der Waals surface area contributed by atoms with Crippen LogP contribution in [0.15, 0.2) is 12.1 Å². The van der Waals surface area contributed by atoms with E-state index in [1.807, 2.05) is 0 Å². The molecule has 3 N–H and O–H groups in total. The summed E-state index contributed by atoms with van der Waals surface area (Å²) in [4.78, 5) is 25.8. The third kappa shape index (κ3) is 7.72. The number of aromatic nitrogens is 1. The number of hydrogen-bond donors (Lipinski definition) is 3. The van der Waals surface area contributed by atoms with E-state index < -0.39 is 23.6 Å². The molecule has 0 atom stereocenters. The van der Waals surface area contributed by atoms with Crippen LogP contribution in [0.4, 0.5) is 13.6 Å². The van der Waals surface area contributed by atoms with Gasteiger partial charge in [-0.2, -0.15) is 0 Å². The normalized spacial score (nSPS) is 14.3. The molecule has 1 aromatic heterocycles. The number of amides is 2. The number of aliphatic hydroxyl groups excluding tert-OH is 1. The van der Waals surface area contributed by atoms with E-state index >= 15 is 0 Å². The minimum atomic E-state index is -1.19. The number of carbonyl (C=O) groups excluding carboxylic acids is 1. The lowest BCUT2D eigenvalue weighted by molar-refractivity contribution is 0.00360. The molecule has 0 radical (unpaired) electrons. The van der Waals surface area contributed by atoms with Crippen LogP contribution in [0.25, 0.3) is 10.9 Å². The Morgan fingerprint density at radius 1 is 0.919 bits per heavy atom. The van der Waals surface area contributed by atoms with E-state index in [9.17, 15) is 18.4 Å². The van der Waals surface area contributed by atoms with Gasteiger partial charge in [0.15, 0.2) is 23.1 Å². The summed E-state index contributed by atoms with van der Waals surface area (Å²) in [5, 5.41) is 19.2. The number of carbonyl (C=O) groups is 2. The number of fused-ring (bicyclic) bond motifs is 1. The van der Waals surface area contributed by atoms with E-state index in [-0.39, 0.29) is 69.4 Å². The van der Waals surface area contributed by atoms with Crippen molar-refractivity contribution in [3.8, 4) is 5.75 Å². The molecule has 1 aliphatic rings. The number of carboxylic acid groups (broad SMARTS) is 1. The number of ether oxygens (including phenoxy) is 4. The molecule has 2 heterocycles. The first-order chi connectivity index (χ1) is 17.8. The molecule has 0 spiro atoms. The van der Waals surface area contributed by atoms with Crippen molar-refractivity contribution in [2.75, 3.05) is 79.0 Å². The Morgan fingerprint density at radius 3 is 2.08 bits per heavy atom. The van der Waals surface area contributed by atoms with E-state index in [4.69, 9.17) is 29.2 Å². The number of halogens is 2. The number of aryl methyl sites for hydroxylation is 1. The maximum atomic E-state index is 14.1. The molecule has 0 saturated carbocycles. The number of hydrogen-bond acceptors (Lipinski definition) is 8. The van der Waals surface area contributed by atoms with Gasteiger partial charge in [-0.3, -0.25) is 10.2 Å². The fraction of sp³-hybridized carbons (Fsp3) is 0.565. The second-order valence-electron chi connectivity index (χ2n) is 8.13. The van der Waals surface area contributed by atoms with Crippen LogP contribution in [-0.4, -0.2) is 116 Å². The second kappa shape index (κ2) is 14.0. The first-order valence-electron chi connectivity index (χ1n) is 11.8. The van der Waals surface area contributed by atoms with Gasteiger partial charge >= 0.3 is 6.09 Å². The average Bonchev–Trinajstić information content (AvgIpc) is 3.12. The Hall–Kier alpha value is -3.04. The van der Waals surface area contributed by atoms with Gasteiger partial charge in [0.25, 0.3) is 5.91 Å². The number of piperazine rings is 1. The molecule has 1 aliphatic heterocycles. The zero-order valence-corrected chi connectivity index (χ0v) is 20.6. The van der Waals surface area contributed by atoms with Crippen molar-refractivity contribution in [3.05, 3.63) is 29.5 Å². The molecule has 12 nitrogen and oxygen atoms in total. The average molecular weight is 531 g/mol. The van der Waals surface area contributed by atoms with Crippen LogP contribution in [0.1, 0.15) is 10.5 Å². The summed E-state index contributed by atoms with van der Waals surface area (Å²) in [5.41, 5.74) is 2.69. The number of hydrazine groups is 1. The molecule has 0 aliphatic carbocycles. The summed E-state index contributed by atoms with van der Waals surface area (Å²) in [6.45, 7) is 2.83. The molecule has 0 bridgehead atoms. The predicted molar refractivity (Wildman–Crippen MR) is 127 cm³/mol. The van der Waals surface area contributed by atoms with Gasteiger partial charge in [-0.05, 0) is 6.07 Å². The minimum Gasteiger partial charge on any atom is -0.488 e. The van der Waals surface area contributed by atoms with Gasteiger partial charge in [-0.1, -0.05) is 0 Å². The molecule has 1 aromatic carbocycles. The first-order valence-corrected chi connectivity index (χ1v) is 11.8. The molecule has 2 amide bonds. The van der Waals surface area contributed by atoms with Gasteiger partial charge in [0, 0.05) is 44.7 Å². The van der Waals surface area contributed by atoms with Crippen molar-refractivity contribution < 1.29 is 47.5 Å².